The van der Waals surface area contributed by atoms with Crippen molar-refractivity contribution in [3.8, 4) is 5.75 Å². The molecule has 0 fully saturated rings. The Labute approximate surface area is 139 Å². The number of aliphatic carboxylic acids is 1. The number of hydrogen-bond donors (Lipinski definition) is 1. The first-order chi connectivity index (χ1) is 10.6. The van der Waals surface area contributed by atoms with Crippen molar-refractivity contribution < 1.29 is 14.6 Å². The normalized spacial score (nSPS) is 13.5. The van der Waals surface area contributed by atoms with Crippen molar-refractivity contribution >= 4 is 11.5 Å². The Morgan fingerprint density at radius 2 is 1.87 bits per heavy atom. The number of methoxy groups -OCH3 is 1. The summed E-state index contributed by atoms with van der Waals surface area (Å²) in [6.45, 7) is 10.3. The van der Waals surface area contributed by atoms with E-state index >= 15 is 0 Å². The van der Waals surface area contributed by atoms with E-state index in [-0.39, 0.29) is 5.41 Å². The van der Waals surface area contributed by atoms with Crippen LogP contribution in [0, 0.1) is 0 Å². The predicted molar refractivity (Wildman–Crippen MR) is 95.9 cm³/mol. The van der Waals surface area contributed by atoms with Gasteiger partial charge in [-0.05, 0) is 48.1 Å². The Morgan fingerprint density at radius 1 is 1.22 bits per heavy atom. The van der Waals surface area contributed by atoms with E-state index in [1.54, 1.807) is 20.1 Å². The smallest absolute Gasteiger partial charge is 0.328 e. The van der Waals surface area contributed by atoms with Gasteiger partial charge in [-0.15, -0.1) is 0 Å². The molecule has 0 bridgehead atoms. The highest BCUT2D eigenvalue weighted by Gasteiger charge is 2.19. The summed E-state index contributed by atoms with van der Waals surface area (Å²) in [5, 5.41) is 8.69. The maximum atomic E-state index is 10.6. The third-order valence-corrected chi connectivity index (χ3v) is 3.52. The highest BCUT2D eigenvalue weighted by atomic mass is 16.5. The zero-order valence-electron chi connectivity index (χ0n) is 14.8. The lowest BCUT2D eigenvalue weighted by molar-refractivity contribution is -0.131. The van der Waals surface area contributed by atoms with Crippen LogP contribution in [0.2, 0.25) is 0 Å². The summed E-state index contributed by atoms with van der Waals surface area (Å²) in [6.07, 6.45) is 6.81. The summed E-state index contributed by atoms with van der Waals surface area (Å²) in [5.41, 5.74) is 4.10. The molecular weight excluding hydrogens is 288 g/mol. The molecule has 0 aliphatic rings. The quantitative estimate of drug-likeness (QED) is 0.615. The van der Waals surface area contributed by atoms with Gasteiger partial charge in [-0.3, -0.25) is 0 Å². The maximum absolute atomic E-state index is 10.6. The van der Waals surface area contributed by atoms with Crippen LogP contribution in [-0.4, -0.2) is 18.2 Å². The van der Waals surface area contributed by atoms with Gasteiger partial charge in [0.15, 0.2) is 0 Å². The number of carboxylic acid groups (broad SMARTS) is 1. The molecule has 1 N–H and O–H groups in total. The van der Waals surface area contributed by atoms with E-state index in [2.05, 4.69) is 26.8 Å². The first-order valence-electron chi connectivity index (χ1n) is 7.60. The van der Waals surface area contributed by atoms with E-state index in [9.17, 15) is 4.79 Å². The average Bonchev–Trinajstić information content (AvgIpc) is 2.44. The number of hydrogen-bond acceptors (Lipinski definition) is 2. The van der Waals surface area contributed by atoms with E-state index in [0.29, 0.717) is 5.57 Å². The molecule has 1 aromatic carbocycles. The van der Waals surface area contributed by atoms with Crippen LogP contribution >= 0.6 is 0 Å². The molecule has 0 spiro atoms. The minimum atomic E-state index is -0.933. The fourth-order valence-electron chi connectivity index (χ4n) is 2.22. The summed E-state index contributed by atoms with van der Waals surface area (Å²) in [4.78, 5) is 10.6. The molecule has 0 aliphatic heterocycles. The van der Waals surface area contributed by atoms with Crippen molar-refractivity contribution in [2.45, 2.75) is 40.0 Å². The average molecular weight is 314 g/mol. The minimum Gasteiger partial charge on any atom is -0.496 e. The molecule has 0 unspecified atom stereocenters. The topological polar surface area (TPSA) is 46.5 Å². The second-order valence-electron chi connectivity index (χ2n) is 6.60. The fourth-order valence-corrected chi connectivity index (χ4v) is 2.22. The lowest BCUT2D eigenvalue weighted by atomic mass is 9.84. The molecule has 0 atom stereocenters. The maximum Gasteiger partial charge on any atom is 0.328 e. The summed E-state index contributed by atoms with van der Waals surface area (Å²) >= 11 is 0. The van der Waals surface area contributed by atoms with Gasteiger partial charge in [0.1, 0.15) is 5.75 Å². The Kier molecular flexibility index (Phi) is 6.38. The van der Waals surface area contributed by atoms with E-state index < -0.39 is 5.97 Å². The SMILES string of the molecule is COc1ccc(/C(C)=C/C=C/C(C)=C/C(=O)O)cc1C(C)(C)C. The van der Waals surface area contributed by atoms with Crippen LogP contribution < -0.4 is 4.74 Å². The molecule has 1 rings (SSSR count). The monoisotopic (exact) mass is 314 g/mol. The molecule has 1 aromatic rings. The van der Waals surface area contributed by atoms with Gasteiger partial charge in [-0.2, -0.15) is 0 Å². The molecule has 3 nitrogen and oxygen atoms in total. The minimum absolute atomic E-state index is 0.00170. The number of benzene rings is 1. The third kappa shape index (κ3) is 5.78. The number of ether oxygens (including phenoxy) is 1. The van der Waals surface area contributed by atoms with Crippen molar-refractivity contribution in [1.29, 1.82) is 0 Å². The van der Waals surface area contributed by atoms with Crippen LogP contribution in [-0.2, 0) is 10.2 Å². The van der Waals surface area contributed by atoms with Gasteiger partial charge in [0.25, 0.3) is 0 Å². The molecule has 0 saturated heterocycles. The van der Waals surface area contributed by atoms with Gasteiger partial charge in [0, 0.05) is 11.6 Å². The zero-order valence-corrected chi connectivity index (χ0v) is 14.8. The number of carbonyl (C=O) groups is 1. The largest absolute Gasteiger partial charge is 0.496 e. The van der Waals surface area contributed by atoms with E-state index in [4.69, 9.17) is 9.84 Å². The lowest BCUT2D eigenvalue weighted by Crippen LogP contribution is -2.13. The molecule has 0 saturated carbocycles. The van der Waals surface area contributed by atoms with Gasteiger partial charge >= 0.3 is 5.97 Å². The fraction of sp³-hybridized carbons (Fsp3) is 0.350. The number of carboxylic acids is 1. The van der Waals surface area contributed by atoms with Crippen LogP contribution in [0.4, 0.5) is 0 Å². The third-order valence-electron chi connectivity index (χ3n) is 3.52. The van der Waals surface area contributed by atoms with Crippen molar-refractivity contribution in [3.63, 3.8) is 0 Å². The van der Waals surface area contributed by atoms with Crippen molar-refractivity contribution in [1.82, 2.24) is 0 Å². The van der Waals surface area contributed by atoms with Crippen LogP contribution in [0.3, 0.4) is 0 Å². The molecule has 124 valence electrons. The van der Waals surface area contributed by atoms with Crippen LogP contribution in [0.1, 0.15) is 45.7 Å². The molecule has 0 radical (unpaired) electrons. The summed E-state index contributed by atoms with van der Waals surface area (Å²) in [7, 11) is 1.69. The number of allylic oxidation sites excluding steroid dienone is 5. The predicted octanol–water partition coefficient (Wildman–Crippen LogP) is 4.98. The Bertz CT molecular complexity index is 656. The Morgan fingerprint density at radius 3 is 2.39 bits per heavy atom. The Hall–Kier alpha value is -2.29. The highest BCUT2D eigenvalue weighted by Crippen LogP contribution is 2.33. The van der Waals surface area contributed by atoms with Crippen molar-refractivity contribution in [2.24, 2.45) is 0 Å². The van der Waals surface area contributed by atoms with Crippen molar-refractivity contribution in [3.05, 3.63) is 59.2 Å². The zero-order chi connectivity index (χ0) is 17.6. The van der Waals surface area contributed by atoms with Crippen molar-refractivity contribution in [2.75, 3.05) is 7.11 Å². The Balaban J connectivity index is 3.09. The molecule has 23 heavy (non-hydrogen) atoms. The summed E-state index contributed by atoms with van der Waals surface area (Å²) in [6, 6.07) is 6.18. The first kappa shape index (κ1) is 18.8. The number of rotatable bonds is 5. The second kappa shape index (κ2) is 7.82. The van der Waals surface area contributed by atoms with E-state index in [0.717, 1.165) is 22.4 Å². The van der Waals surface area contributed by atoms with Crippen LogP contribution in [0.5, 0.6) is 5.75 Å². The first-order valence-corrected chi connectivity index (χ1v) is 7.60. The molecule has 3 heteroatoms. The second-order valence-corrected chi connectivity index (χ2v) is 6.60. The van der Waals surface area contributed by atoms with Gasteiger partial charge < -0.3 is 9.84 Å². The van der Waals surface area contributed by atoms with Gasteiger partial charge in [-0.25, -0.2) is 4.79 Å². The molecule has 0 amide bonds. The van der Waals surface area contributed by atoms with Crippen LogP contribution in [0.25, 0.3) is 5.57 Å². The van der Waals surface area contributed by atoms with E-state index in [1.165, 1.54) is 6.08 Å². The van der Waals surface area contributed by atoms with Gasteiger partial charge in [0.2, 0.25) is 0 Å². The van der Waals surface area contributed by atoms with E-state index in [1.807, 2.05) is 31.2 Å². The highest BCUT2D eigenvalue weighted by molar-refractivity contribution is 5.81. The molecule has 0 aromatic heterocycles. The lowest BCUT2D eigenvalue weighted by Gasteiger charge is -2.23. The van der Waals surface area contributed by atoms with Gasteiger partial charge in [-0.1, -0.05) is 45.1 Å². The van der Waals surface area contributed by atoms with Crippen LogP contribution in [0.15, 0.2) is 48.1 Å². The standard InChI is InChI=1S/C20H26O3/c1-14(12-19(21)22)8-7-9-15(2)16-10-11-18(23-6)17(13-16)20(3,4)5/h7-13H,1-6H3,(H,21,22)/b8-7+,14-12+,15-9+. The molecular formula is C20H26O3. The summed E-state index contributed by atoms with van der Waals surface area (Å²) < 4.78 is 5.46. The molecule has 0 heterocycles. The summed E-state index contributed by atoms with van der Waals surface area (Å²) in [5.74, 6) is -0.0392. The van der Waals surface area contributed by atoms with Gasteiger partial charge in [0.05, 0.1) is 7.11 Å². The molecule has 0 aliphatic carbocycles.